The molecule has 6 nitrogen and oxygen atoms in total. The van der Waals surface area contributed by atoms with E-state index in [9.17, 15) is 14.7 Å². The summed E-state index contributed by atoms with van der Waals surface area (Å²) in [6.07, 6.45) is 3.20. The molecule has 0 spiro atoms. The number of rotatable bonds is 4. The Morgan fingerprint density at radius 3 is 2.55 bits per heavy atom. The molecule has 0 aromatic heterocycles. The van der Waals surface area contributed by atoms with Crippen molar-refractivity contribution in [2.24, 2.45) is 0 Å². The van der Waals surface area contributed by atoms with Gasteiger partial charge in [0.25, 0.3) is 0 Å². The lowest BCUT2D eigenvalue weighted by Gasteiger charge is -2.44. The number of fused-ring (bicyclic) bond motifs is 2. The number of carbonyl (C=O) groups excluding carboxylic acids is 2. The number of benzene rings is 2. The van der Waals surface area contributed by atoms with E-state index in [1.807, 2.05) is 36.1 Å². The molecule has 174 valence electrons. The van der Waals surface area contributed by atoms with Gasteiger partial charge in [-0.1, -0.05) is 42.5 Å². The molecule has 5 rings (SSSR count). The number of amides is 2. The molecule has 1 aliphatic carbocycles. The van der Waals surface area contributed by atoms with Crippen LogP contribution in [0.4, 0.5) is 5.69 Å². The fraction of sp³-hybridized carbons (Fsp3) is 0.481. The van der Waals surface area contributed by atoms with Crippen molar-refractivity contribution in [2.75, 3.05) is 25.0 Å². The lowest BCUT2D eigenvalue weighted by Crippen LogP contribution is -2.51. The molecule has 3 aliphatic rings. The maximum atomic E-state index is 13.7. The van der Waals surface area contributed by atoms with Gasteiger partial charge in [0.05, 0.1) is 17.6 Å². The third-order valence-electron chi connectivity index (χ3n) is 7.95. The van der Waals surface area contributed by atoms with Gasteiger partial charge in [0.2, 0.25) is 11.8 Å². The number of aliphatic hydroxyl groups excluding tert-OH is 1. The predicted octanol–water partition coefficient (Wildman–Crippen LogP) is 2.94. The maximum Gasteiger partial charge on any atom is 0.238 e. The van der Waals surface area contributed by atoms with E-state index in [0.29, 0.717) is 0 Å². The van der Waals surface area contributed by atoms with E-state index < -0.39 is 5.41 Å². The largest absolute Gasteiger partial charge is 0.391 e. The van der Waals surface area contributed by atoms with Crippen LogP contribution >= 0.6 is 0 Å². The third-order valence-corrected chi connectivity index (χ3v) is 7.95. The molecule has 2 aromatic rings. The molecule has 1 fully saturated rings. The summed E-state index contributed by atoms with van der Waals surface area (Å²) in [7, 11) is 1.61. The molecular weight excluding hydrogens is 414 g/mol. The van der Waals surface area contributed by atoms with E-state index in [2.05, 4.69) is 34.5 Å². The zero-order chi connectivity index (χ0) is 23.2. The Hall–Kier alpha value is -2.70. The Morgan fingerprint density at radius 1 is 1.09 bits per heavy atom. The van der Waals surface area contributed by atoms with E-state index in [0.717, 1.165) is 50.0 Å². The standard InChI is InChI=1S/C27H33N3O3/c1-27(17-24(32)28-2)21-9-5-6-10-22(21)30(26(27)33)19-13-15-29(16-14-19)25-20-8-4-3-7-18(20)11-12-23(25)31/h3-10,19,23,25,31H,11-17H2,1-2H3,(H,28,32)/t23-,25-,27-/m0/s1. The molecule has 0 unspecified atom stereocenters. The van der Waals surface area contributed by atoms with Gasteiger partial charge in [-0.05, 0) is 55.4 Å². The average Bonchev–Trinajstić information content (AvgIpc) is 3.06. The maximum absolute atomic E-state index is 13.7. The van der Waals surface area contributed by atoms with Gasteiger partial charge >= 0.3 is 0 Å². The molecule has 2 aromatic carbocycles. The second-order valence-electron chi connectivity index (χ2n) is 9.89. The molecule has 2 aliphatic heterocycles. The Balaban J connectivity index is 1.37. The summed E-state index contributed by atoms with van der Waals surface area (Å²) in [6.45, 7) is 3.56. The summed E-state index contributed by atoms with van der Waals surface area (Å²) in [5, 5.41) is 13.5. The van der Waals surface area contributed by atoms with E-state index in [4.69, 9.17) is 0 Å². The van der Waals surface area contributed by atoms with Crippen LogP contribution in [0.5, 0.6) is 0 Å². The second-order valence-corrected chi connectivity index (χ2v) is 9.89. The summed E-state index contributed by atoms with van der Waals surface area (Å²) < 4.78 is 0. The van der Waals surface area contributed by atoms with E-state index >= 15 is 0 Å². The number of anilines is 1. The van der Waals surface area contributed by atoms with Gasteiger partial charge in [-0.2, -0.15) is 0 Å². The fourth-order valence-electron chi connectivity index (χ4n) is 6.16. The highest BCUT2D eigenvalue weighted by Gasteiger charge is 2.50. The first-order valence-electron chi connectivity index (χ1n) is 12.1. The lowest BCUT2D eigenvalue weighted by atomic mass is 9.80. The monoisotopic (exact) mass is 447 g/mol. The molecule has 2 heterocycles. The van der Waals surface area contributed by atoms with Crippen molar-refractivity contribution in [3.63, 3.8) is 0 Å². The van der Waals surface area contributed by atoms with E-state index in [-0.39, 0.29) is 36.4 Å². The van der Waals surface area contributed by atoms with Gasteiger partial charge in [0, 0.05) is 38.3 Å². The van der Waals surface area contributed by atoms with Crippen LogP contribution < -0.4 is 10.2 Å². The average molecular weight is 448 g/mol. The second kappa shape index (κ2) is 8.58. The minimum Gasteiger partial charge on any atom is -0.391 e. The summed E-state index contributed by atoms with van der Waals surface area (Å²) in [5.41, 5.74) is 3.62. The van der Waals surface area contributed by atoms with Gasteiger partial charge in [0.15, 0.2) is 0 Å². The minimum atomic E-state index is -0.841. The number of nitrogens with one attached hydrogen (secondary N) is 1. The number of nitrogens with zero attached hydrogens (tertiary/aromatic N) is 2. The van der Waals surface area contributed by atoms with Crippen molar-refractivity contribution in [2.45, 2.75) is 62.6 Å². The Kier molecular flexibility index (Phi) is 5.75. The van der Waals surface area contributed by atoms with Gasteiger partial charge in [-0.25, -0.2) is 0 Å². The predicted molar refractivity (Wildman–Crippen MR) is 128 cm³/mol. The normalized spacial score (nSPS) is 27.8. The SMILES string of the molecule is CNC(=O)C[C@]1(C)C(=O)N(C2CCN([C@H]3c4ccccc4CC[C@@H]3O)CC2)c2ccccc21. The van der Waals surface area contributed by atoms with Crippen molar-refractivity contribution in [3.8, 4) is 0 Å². The lowest BCUT2D eigenvalue weighted by molar-refractivity contribution is -0.129. The van der Waals surface area contributed by atoms with Gasteiger partial charge in [0.1, 0.15) is 0 Å². The van der Waals surface area contributed by atoms with E-state index in [1.165, 1.54) is 11.1 Å². The number of piperidine rings is 1. The number of likely N-dealkylation sites (tertiary alicyclic amines) is 1. The molecule has 6 heteroatoms. The molecule has 2 N–H and O–H groups in total. The fourth-order valence-corrected chi connectivity index (χ4v) is 6.16. The zero-order valence-corrected chi connectivity index (χ0v) is 19.5. The third kappa shape index (κ3) is 3.65. The van der Waals surface area contributed by atoms with Crippen LogP contribution in [0.2, 0.25) is 0 Å². The van der Waals surface area contributed by atoms with Gasteiger partial charge in [-0.3, -0.25) is 14.5 Å². The van der Waals surface area contributed by atoms with Crippen molar-refractivity contribution in [3.05, 3.63) is 65.2 Å². The molecule has 33 heavy (non-hydrogen) atoms. The van der Waals surface area contributed by atoms with Crippen molar-refractivity contribution in [1.82, 2.24) is 10.2 Å². The summed E-state index contributed by atoms with van der Waals surface area (Å²) in [6, 6.07) is 16.5. The highest BCUT2D eigenvalue weighted by atomic mass is 16.3. The number of hydrogen-bond acceptors (Lipinski definition) is 4. The van der Waals surface area contributed by atoms with Gasteiger partial charge in [-0.15, -0.1) is 0 Å². The molecule has 0 saturated carbocycles. The number of aryl methyl sites for hydroxylation is 1. The van der Waals surface area contributed by atoms with Crippen molar-refractivity contribution < 1.29 is 14.7 Å². The molecular formula is C27H33N3O3. The van der Waals surface area contributed by atoms with Crippen LogP contribution in [0.1, 0.15) is 55.3 Å². The first-order valence-corrected chi connectivity index (χ1v) is 12.1. The zero-order valence-electron chi connectivity index (χ0n) is 19.5. The van der Waals surface area contributed by atoms with Crippen molar-refractivity contribution >= 4 is 17.5 Å². The quantitative estimate of drug-likeness (QED) is 0.756. The molecule has 0 radical (unpaired) electrons. The first-order chi connectivity index (χ1) is 15.9. The Bertz CT molecular complexity index is 1060. The minimum absolute atomic E-state index is 0.0220. The summed E-state index contributed by atoms with van der Waals surface area (Å²) in [4.78, 5) is 30.3. The van der Waals surface area contributed by atoms with Crippen molar-refractivity contribution in [1.29, 1.82) is 0 Å². The highest BCUT2D eigenvalue weighted by Crippen LogP contribution is 2.46. The first kappa shape index (κ1) is 22.1. The summed E-state index contributed by atoms with van der Waals surface area (Å²) in [5.74, 6) is -0.101. The van der Waals surface area contributed by atoms with Crippen LogP contribution in [-0.2, 0) is 21.4 Å². The van der Waals surface area contributed by atoms with E-state index in [1.54, 1.807) is 7.05 Å². The van der Waals surface area contributed by atoms with Crippen LogP contribution in [-0.4, -0.2) is 54.1 Å². The number of para-hydroxylation sites is 1. The smallest absolute Gasteiger partial charge is 0.238 e. The number of hydrogen-bond donors (Lipinski definition) is 2. The Labute approximate surface area is 195 Å². The van der Waals surface area contributed by atoms with Crippen LogP contribution in [0.25, 0.3) is 0 Å². The summed E-state index contributed by atoms with van der Waals surface area (Å²) >= 11 is 0. The van der Waals surface area contributed by atoms with Gasteiger partial charge < -0.3 is 15.3 Å². The molecule has 3 atom stereocenters. The molecule has 1 saturated heterocycles. The highest BCUT2D eigenvalue weighted by molar-refractivity contribution is 6.10. The van der Waals surface area contributed by atoms with Crippen LogP contribution in [0.3, 0.4) is 0 Å². The number of carbonyl (C=O) groups is 2. The molecule has 0 bridgehead atoms. The molecule has 2 amide bonds. The van der Waals surface area contributed by atoms with Crippen LogP contribution in [0, 0.1) is 0 Å². The number of aliphatic hydroxyl groups is 1. The van der Waals surface area contributed by atoms with Crippen LogP contribution in [0.15, 0.2) is 48.5 Å². The topological polar surface area (TPSA) is 72.9 Å². The Morgan fingerprint density at radius 2 is 1.79 bits per heavy atom.